The Morgan fingerprint density at radius 2 is 2.27 bits per heavy atom. The molecule has 1 aromatic heterocycles. The highest BCUT2D eigenvalue weighted by Gasteiger charge is 2.08. The summed E-state index contributed by atoms with van der Waals surface area (Å²) in [6, 6.07) is 0. The van der Waals surface area contributed by atoms with E-state index in [0.29, 0.717) is 0 Å². The van der Waals surface area contributed by atoms with Crippen LogP contribution in [0, 0.1) is 6.92 Å². The molecule has 1 heterocycles. The lowest BCUT2D eigenvalue weighted by Crippen LogP contribution is -2.10. The zero-order valence-corrected chi connectivity index (χ0v) is 9.71. The van der Waals surface area contributed by atoms with Crippen molar-refractivity contribution in [3.05, 3.63) is 5.69 Å². The van der Waals surface area contributed by atoms with Gasteiger partial charge in [-0.3, -0.25) is 4.68 Å². The SMILES string of the molecule is CCOCCCNc1c(N)c(C)nn1C. The Morgan fingerprint density at radius 1 is 1.53 bits per heavy atom. The van der Waals surface area contributed by atoms with E-state index in [-0.39, 0.29) is 0 Å². The van der Waals surface area contributed by atoms with Crippen molar-refractivity contribution >= 4 is 11.5 Å². The minimum absolute atomic E-state index is 0.730. The Morgan fingerprint density at radius 3 is 2.80 bits per heavy atom. The van der Waals surface area contributed by atoms with Crippen LogP contribution in [0.3, 0.4) is 0 Å². The van der Waals surface area contributed by atoms with Crippen molar-refractivity contribution in [1.82, 2.24) is 9.78 Å². The van der Waals surface area contributed by atoms with Gasteiger partial charge >= 0.3 is 0 Å². The first-order chi connectivity index (χ1) is 7.16. The molecule has 0 saturated heterocycles. The molecule has 0 aliphatic rings. The molecule has 86 valence electrons. The van der Waals surface area contributed by atoms with Gasteiger partial charge in [0, 0.05) is 26.8 Å². The summed E-state index contributed by atoms with van der Waals surface area (Å²) in [5.74, 6) is 0.893. The van der Waals surface area contributed by atoms with Crippen molar-refractivity contribution in [2.75, 3.05) is 30.8 Å². The summed E-state index contributed by atoms with van der Waals surface area (Å²) in [6.45, 7) is 6.30. The van der Waals surface area contributed by atoms with E-state index in [1.807, 2.05) is 20.9 Å². The number of aromatic nitrogens is 2. The molecule has 0 aromatic carbocycles. The normalized spacial score (nSPS) is 10.6. The molecule has 0 spiro atoms. The van der Waals surface area contributed by atoms with Gasteiger partial charge < -0.3 is 15.8 Å². The van der Waals surface area contributed by atoms with Gasteiger partial charge in [0.1, 0.15) is 5.82 Å². The van der Waals surface area contributed by atoms with Gasteiger partial charge in [0.05, 0.1) is 11.4 Å². The van der Waals surface area contributed by atoms with Gasteiger partial charge in [0.2, 0.25) is 0 Å². The fraction of sp³-hybridized carbons (Fsp3) is 0.700. The molecule has 0 radical (unpaired) electrons. The van der Waals surface area contributed by atoms with Crippen molar-refractivity contribution in [1.29, 1.82) is 0 Å². The van der Waals surface area contributed by atoms with Crippen LogP contribution in [-0.4, -0.2) is 29.5 Å². The molecule has 5 heteroatoms. The number of anilines is 2. The van der Waals surface area contributed by atoms with Gasteiger partial charge in [-0.2, -0.15) is 5.10 Å². The summed E-state index contributed by atoms with van der Waals surface area (Å²) in [4.78, 5) is 0. The van der Waals surface area contributed by atoms with Crippen molar-refractivity contribution in [3.63, 3.8) is 0 Å². The summed E-state index contributed by atoms with van der Waals surface area (Å²) in [5, 5.41) is 7.48. The zero-order valence-electron chi connectivity index (χ0n) is 9.71. The fourth-order valence-electron chi connectivity index (χ4n) is 1.41. The van der Waals surface area contributed by atoms with Crippen molar-refractivity contribution in [2.24, 2.45) is 7.05 Å². The maximum Gasteiger partial charge on any atom is 0.147 e. The largest absolute Gasteiger partial charge is 0.394 e. The van der Waals surface area contributed by atoms with Crippen LogP contribution < -0.4 is 11.1 Å². The number of hydrogen-bond donors (Lipinski definition) is 2. The topological polar surface area (TPSA) is 65.1 Å². The molecule has 0 aliphatic carbocycles. The van der Waals surface area contributed by atoms with Gasteiger partial charge in [-0.15, -0.1) is 0 Å². The molecule has 0 unspecified atom stereocenters. The number of hydrogen-bond acceptors (Lipinski definition) is 4. The molecule has 0 fully saturated rings. The van der Waals surface area contributed by atoms with Crippen LogP contribution in [0.1, 0.15) is 19.0 Å². The van der Waals surface area contributed by atoms with Crippen molar-refractivity contribution in [2.45, 2.75) is 20.3 Å². The standard InChI is InChI=1S/C10H20N4O/c1-4-15-7-5-6-12-10-9(11)8(2)13-14(10)3/h12H,4-7,11H2,1-3H3. The number of ether oxygens (including phenoxy) is 1. The first-order valence-electron chi connectivity index (χ1n) is 5.27. The maximum absolute atomic E-state index is 5.87. The summed E-state index contributed by atoms with van der Waals surface area (Å²) < 4.78 is 7.01. The average molecular weight is 212 g/mol. The van der Waals surface area contributed by atoms with Crippen molar-refractivity contribution in [3.8, 4) is 0 Å². The minimum Gasteiger partial charge on any atom is -0.394 e. The van der Waals surface area contributed by atoms with Gasteiger partial charge in [0.25, 0.3) is 0 Å². The summed E-state index contributed by atoms with van der Waals surface area (Å²) in [5.41, 5.74) is 7.46. The predicted molar refractivity (Wildman–Crippen MR) is 62.0 cm³/mol. The molecular formula is C10H20N4O. The van der Waals surface area contributed by atoms with Crippen LogP contribution in [0.2, 0.25) is 0 Å². The smallest absolute Gasteiger partial charge is 0.147 e. The number of rotatable bonds is 6. The molecule has 0 saturated carbocycles. The van der Waals surface area contributed by atoms with E-state index in [1.165, 1.54) is 0 Å². The minimum atomic E-state index is 0.730. The molecule has 3 N–H and O–H groups in total. The highest BCUT2D eigenvalue weighted by Crippen LogP contribution is 2.20. The van der Waals surface area contributed by atoms with Gasteiger partial charge in [-0.05, 0) is 20.3 Å². The number of aryl methyl sites for hydroxylation is 2. The van der Waals surface area contributed by atoms with E-state index in [0.717, 1.165) is 43.4 Å². The Labute approximate surface area is 90.6 Å². The van der Waals surface area contributed by atoms with Crippen LogP contribution >= 0.6 is 0 Å². The third-order valence-electron chi connectivity index (χ3n) is 2.23. The zero-order chi connectivity index (χ0) is 11.3. The lowest BCUT2D eigenvalue weighted by atomic mass is 10.3. The second-order valence-electron chi connectivity index (χ2n) is 3.45. The molecule has 0 atom stereocenters. The van der Waals surface area contributed by atoms with Gasteiger partial charge in [-0.25, -0.2) is 0 Å². The summed E-state index contributed by atoms with van der Waals surface area (Å²) in [6.07, 6.45) is 0.970. The Kier molecular flexibility index (Phi) is 4.42. The van der Waals surface area contributed by atoms with Gasteiger partial charge in [-0.1, -0.05) is 0 Å². The molecule has 1 aromatic rings. The van der Waals surface area contributed by atoms with Crippen LogP contribution in [0.5, 0.6) is 0 Å². The Bertz CT molecular complexity index is 309. The monoisotopic (exact) mass is 212 g/mol. The molecular weight excluding hydrogens is 192 g/mol. The van der Waals surface area contributed by atoms with Crippen LogP contribution in [0.25, 0.3) is 0 Å². The first kappa shape index (κ1) is 11.8. The molecule has 1 rings (SSSR count). The van der Waals surface area contributed by atoms with E-state index < -0.39 is 0 Å². The van der Waals surface area contributed by atoms with Crippen molar-refractivity contribution < 1.29 is 4.74 Å². The van der Waals surface area contributed by atoms with E-state index in [4.69, 9.17) is 10.5 Å². The number of nitrogens with one attached hydrogen (secondary N) is 1. The second kappa shape index (κ2) is 5.60. The van der Waals surface area contributed by atoms with Crippen LogP contribution in [0.4, 0.5) is 11.5 Å². The van der Waals surface area contributed by atoms with Crippen LogP contribution in [-0.2, 0) is 11.8 Å². The Balaban J connectivity index is 2.37. The number of nitrogens with zero attached hydrogens (tertiary/aromatic N) is 2. The highest BCUT2D eigenvalue weighted by molar-refractivity contribution is 5.64. The van der Waals surface area contributed by atoms with E-state index in [2.05, 4.69) is 10.4 Å². The number of nitrogen functional groups attached to an aromatic ring is 1. The molecule has 5 nitrogen and oxygen atoms in total. The summed E-state index contributed by atoms with van der Waals surface area (Å²) >= 11 is 0. The third-order valence-corrected chi connectivity index (χ3v) is 2.23. The van der Waals surface area contributed by atoms with E-state index >= 15 is 0 Å². The summed E-state index contributed by atoms with van der Waals surface area (Å²) in [7, 11) is 1.88. The van der Waals surface area contributed by atoms with E-state index in [9.17, 15) is 0 Å². The van der Waals surface area contributed by atoms with Crippen LogP contribution in [0.15, 0.2) is 0 Å². The Hall–Kier alpha value is -1.23. The third kappa shape index (κ3) is 3.13. The van der Waals surface area contributed by atoms with E-state index in [1.54, 1.807) is 4.68 Å². The predicted octanol–water partition coefficient (Wildman–Crippen LogP) is 1.15. The molecule has 0 bridgehead atoms. The molecule has 15 heavy (non-hydrogen) atoms. The van der Waals surface area contributed by atoms with Gasteiger partial charge in [0.15, 0.2) is 0 Å². The second-order valence-corrected chi connectivity index (χ2v) is 3.45. The maximum atomic E-state index is 5.87. The first-order valence-corrected chi connectivity index (χ1v) is 5.27. The average Bonchev–Trinajstić information content (AvgIpc) is 2.44. The molecule has 0 amide bonds. The molecule has 0 aliphatic heterocycles. The fourth-order valence-corrected chi connectivity index (χ4v) is 1.41. The lowest BCUT2D eigenvalue weighted by Gasteiger charge is -2.07. The number of nitrogens with two attached hydrogens (primary N) is 1. The quantitative estimate of drug-likeness (QED) is 0.694. The lowest BCUT2D eigenvalue weighted by molar-refractivity contribution is 0.147. The highest BCUT2D eigenvalue weighted by atomic mass is 16.5.